The molecule has 0 saturated carbocycles. The van der Waals surface area contributed by atoms with Crippen molar-refractivity contribution in [1.29, 1.82) is 0 Å². The molecule has 3 rings (SSSR count). The fourth-order valence-corrected chi connectivity index (χ4v) is 2.65. The van der Waals surface area contributed by atoms with Crippen molar-refractivity contribution in [3.05, 3.63) is 30.6 Å². The van der Waals surface area contributed by atoms with Crippen LogP contribution in [0.25, 0.3) is 0 Å². The Balaban J connectivity index is 1.61. The summed E-state index contributed by atoms with van der Waals surface area (Å²) in [6, 6.07) is 4.67. The minimum Gasteiger partial charge on any atom is -0.404 e. The van der Waals surface area contributed by atoms with Crippen molar-refractivity contribution >= 4 is 17.6 Å². The lowest BCUT2D eigenvalue weighted by Gasteiger charge is -2.36. The summed E-state index contributed by atoms with van der Waals surface area (Å²) in [5.41, 5.74) is 0. The van der Waals surface area contributed by atoms with E-state index in [1.54, 1.807) is 6.20 Å². The third-order valence-electron chi connectivity index (χ3n) is 3.91. The van der Waals surface area contributed by atoms with E-state index in [0.29, 0.717) is 24.9 Å². The largest absolute Gasteiger partial charge is 0.573 e. The maximum absolute atomic E-state index is 12.2. The summed E-state index contributed by atoms with van der Waals surface area (Å²) >= 11 is 0. The molecule has 1 fully saturated rings. The van der Waals surface area contributed by atoms with Crippen molar-refractivity contribution in [3.8, 4) is 5.75 Å². The minimum atomic E-state index is -4.71. The van der Waals surface area contributed by atoms with Gasteiger partial charge in [-0.15, -0.1) is 13.2 Å². The number of pyridine rings is 1. The van der Waals surface area contributed by atoms with Crippen LogP contribution in [0.5, 0.6) is 5.75 Å². The molecule has 1 aliphatic heterocycles. The predicted molar refractivity (Wildman–Crippen MR) is 91.7 cm³/mol. The van der Waals surface area contributed by atoms with Crippen LogP contribution in [0.2, 0.25) is 0 Å². The fourth-order valence-electron chi connectivity index (χ4n) is 2.65. The lowest BCUT2D eigenvalue weighted by molar-refractivity contribution is -0.274. The Morgan fingerprint density at radius 1 is 0.962 bits per heavy atom. The van der Waals surface area contributed by atoms with Gasteiger partial charge in [-0.25, -0.2) is 9.97 Å². The summed E-state index contributed by atoms with van der Waals surface area (Å²) in [5, 5.41) is 0. The highest BCUT2D eigenvalue weighted by Crippen LogP contribution is 2.24. The van der Waals surface area contributed by atoms with Crippen LogP contribution in [0.3, 0.4) is 0 Å². The maximum atomic E-state index is 12.2. The second-order valence-corrected chi connectivity index (χ2v) is 5.98. The number of hydrogen-bond acceptors (Lipinski definition) is 7. The van der Waals surface area contributed by atoms with E-state index >= 15 is 0 Å². The Morgan fingerprint density at radius 3 is 2.15 bits per heavy atom. The molecule has 1 saturated heterocycles. The molecule has 26 heavy (non-hydrogen) atoms. The SMILES string of the molecule is CN(C)c1nccc(N2CCN(c3ccc(OC(F)(F)F)cn3)CC2)n1. The number of halogens is 3. The summed E-state index contributed by atoms with van der Waals surface area (Å²) in [6.45, 7) is 2.83. The highest BCUT2D eigenvalue weighted by molar-refractivity contribution is 5.47. The second-order valence-electron chi connectivity index (χ2n) is 5.98. The lowest BCUT2D eigenvalue weighted by Crippen LogP contribution is -2.47. The molecule has 7 nitrogen and oxygen atoms in total. The van der Waals surface area contributed by atoms with Gasteiger partial charge in [0, 0.05) is 46.5 Å². The van der Waals surface area contributed by atoms with Crippen molar-refractivity contribution in [1.82, 2.24) is 15.0 Å². The summed E-state index contributed by atoms with van der Waals surface area (Å²) in [5.74, 6) is 1.80. The van der Waals surface area contributed by atoms with Crippen molar-refractivity contribution in [3.63, 3.8) is 0 Å². The van der Waals surface area contributed by atoms with Gasteiger partial charge in [0.2, 0.25) is 5.95 Å². The molecular weight excluding hydrogens is 349 g/mol. The van der Waals surface area contributed by atoms with Gasteiger partial charge in [0.15, 0.2) is 0 Å². The van der Waals surface area contributed by atoms with E-state index in [1.165, 1.54) is 12.1 Å². The molecule has 140 valence electrons. The van der Waals surface area contributed by atoms with Gasteiger partial charge >= 0.3 is 6.36 Å². The van der Waals surface area contributed by atoms with Gasteiger partial charge in [0.1, 0.15) is 17.4 Å². The van der Waals surface area contributed by atoms with E-state index in [9.17, 15) is 13.2 Å². The first-order chi connectivity index (χ1) is 12.3. The number of hydrogen-bond donors (Lipinski definition) is 0. The zero-order valence-electron chi connectivity index (χ0n) is 14.4. The van der Waals surface area contributed by atoms with E-state index in [4.69, 9.17) is 0 Å². The maximum Gasteiger partial charge on any atom is 0.573 e. The Bertz CT molecular complexity index is 730. The van der Waals surface area contributed by atoms with Crippen LogP contribution in [0.15, 0.2) is 30.6 Å². The number of anilines is 3. The summed E-state index contributed by atoms with van der Waals surface area (Å²) < 4.78 is 40.4. The normalized spacial score (nSPS) is 15.1. The monoisotopic (exact) mass is 368 g/mol. The van der Waals surface area contributed by atoms with Gasteiger partial charge in [-0.1, -0.05) is 0 Å². The molecule has 0 bridgehead atoms. The molecule has 3 heterocycles. The van der Waals surface area contributed by atoms with Gasteiger partial charge in [0.25, 0.3) is 0 Å². The van der Waals surface area contributed by atoms with Crippen LogP contribution in [-0.2, 0) is 0 Å². The number of aromatic nitrogens is 3. The molecule has 0 unspecified atom stereocenters. The molecule has 0 radical (unpaired) electrons. The number of nitrogens with zero attached hydrogens (tertiary/aromatic N) is 6. The topological polar surface area (TPSA) is 57.6 Å². The first kappa shape index (κ1) is 18.0. The number of alkyl halides is 3. The Kier molecular flexibility index (Phi) is 5.01. The number of piperazine rings is 1. The lowest BCUT2D eigenvalue weighted by atomic mass is 10.3. The first-order valence-corrected chi connectivity index (χ1v) is 8.04. The first-order valence-electron chi connectivity index (χ1n) is 8.04. The van der Waals surface area contributed by atoms with E-state index in [2.05, 4.69) is 24.6 Å². The van der Waals surface area contributed by atoms with E-state index in [-0.39, 0.29) is 5.75 Å². The molecule has 1 aliphatic rings. The van der Waals surface area contributed by atoms with Crippen molar-refractivity contribution in [2.24, 2.45) is 0 Å². The zero-order valence-corrected chi connectivity index (χ0v) is 14.4. The second kappa shape index (κ2) is 7.22. The molecule has 0 aromatic carbocycles. The van der Waals surface area contributed by atoms with Crippen molar-refractivity contribution < 1.29 is 17.9 Å². The number of ether oxygens (including phenoxy) is 1. The summed E-state index contributed by atoms with van der Waals surface area (Å²) in [7, 11) is 3.77. The standard InChI is InChI=1S/C16H19F3N6O/c1-23(2)15-20-6-5-14(22-15)25-9-7-24(8-10-25)13-4-3-12(11-21-13)26-16(17,18)19/h3-6,11H,7-10H2,1-2H3. The molecule has 2 aromatic rings. The van der Waals surface area contributed by atoms with E-state index in [0.717, 1.165) is 25.1 Å². The minimum absolute atomic E-state index is 0.322. The van der Waals surface area contributed by atoms with Gasteiger partial charge in [-0.05, 0) is 18.2 Å². The van der Waals surface area contributed by atoms with Crippen molar-refractivity contribution in [2.75, 3.05) is 55.0 Å². The molecule has 2 aromatic heterocycles. The van der Waals surface area contributed by atoms with Crippen LogP contribution in [0.4, 0.5) is 30.8 Å². The van der Waals surface area contributed by atoms with E-state index in [1.807, 2.05) is 30.0 Å². The van der Waals surface area contributed by atoms with Gasteiger partial charge in [0.05, 0.1) is 6.20 Å². The predicted octanol–water partition coefficient (Wildman–Crippen LogP) is 2.16. The molecule has 0 atom stereocenters. The van der Waals surface area contributed by atoms with Crippen molar-refractivity contribution in [2.45, 2.75) is 6.36 Å². The molecule has 0 spiro atoms. The average molecular weight is 368 g/mol. The smallest absolute Gasteiger partial charge is 0.404 e. The quantitative estimate of drug-likeness (QED) is 0.820. The Morgan fingerprint density at radius 2 is 1.62 bits per heavy atom. The van der Waals surface area contributed by atoms with Gasteiger partial charge < -0.3 is 19.4 Å². The fraction of sp³-hybridized carbons (Fsp3) is 0.438. The Hall–Kier alpha value is -2.78. The van der Waals surface area contributed by atoms with Crippen LogP contribution in [-0.4, -0.2) is 61.6 Å². The van der Waals surface area contributed by atoms with Crippen LogP contribution >= 0.6 is 0 Å². The molecule has 0 aliphatic carbocycles. The molecular formula is C16H19F3N6O. The van der Waals surface area contributed by atoms with Crippen LogP contribution < -0.4 is 19.4 Å². The third kappa shape index (κ3) is 4.44. The highest BCUT2D eigenvalue weighted by Gasteiger charge is 2.31. The van der Waals surface area contributed by atoms with Crippen LogP contribution in [0.1, 0.15) is 0 Å². The summed E-state index contributed by atoms with van der Waals surface area (Å²) in [6.07, 6.45) is -1.90. The third-order valence-corrected chi connectivity index (χ3v) is 3.91. The molecule has 10 heteroatoms. The zero-order chi connectivity index (χ0) is 18.7. The van der Waals surface area contributed by atoms with Gasteiger partial charge in [-0.3, -0.25) is 0 Å². The Labute approximate surface area is 149 Å². The van der Waals surface area contributed by atoms with Gasteiger partial charge in [-0.2, -0.15) is 4.98 Å². The molecule has 0 amide bonds. The number of rotatable bonds is 4. The molecule has 0 N–H and O–H groups in total. The van der Waals surface area contributed by atoms with Crippen LogP contribution in [0, 0.1) is 0 Å². The summed E-state index contributed by atoms with van der Waals surface area (Å²) in [4.78, 5) is 18.8. The van der Waals surface area contributed by atoms with E-state index < -0.39 is 6.36 Å². The highest BCUT2D eigenvalue weighted by atomic mass is 19.4. The average Bonchev–Trinajstić information content (AvgIpc) is 2.61.